The Morgan fingerprint density at radius 3 is 2.17 bits per heavy atom. The first-order valence-corrected chi connectivity index (χ1v) is 9.04. The summed E-state index contributed by atoms with van der Waals surface area (Å²) in [7, 11) is 0. The lowest BCUT2D eigenvalue weighted by molar-refractivity contribution is -0.142. The highest BCUT2D eigenvalue weighted by atomic mass is 19.4. The van der Waals surface area contributed by atoms with Crippen molar-refractivity contribution in [2.75, 3.05) is 6.61 Å². The van der Waals surface area contributed by atoms with Gasteiger partial charge in [-0.3, -0.25) is 4.79 Å². The first kappa shape index (κ1) is 20.5. The second-order valence-electron chi connectivity index (χ2n) is 6.45. The largest absolute Gasteiger partial charge is 0.507 e. The zero-order chi connectivity index (χ0) is 21.0. The summed E-state index contributed by atoms with van der Waals surface area (Å²) < 4.78 is 43.6. The number of hydrogen-bond donors (Lipinski definition) is 1. The second kappa shape index (κ2) is 8.39. The van der Waals surface area contributed by atoms with Crippen LogP contribution in [-0.2, 0) is 22.1 Å². The minimum atomic E-state index is -4.44. The number of benzene rings is 3. The number of halogens is 3. The van der Waals surface area contributed by atoms with Crippen LogP contribution in [0.15, 0.2) is 66.7 Å². The third-order valence-corrected chi connectivity index (χ3v) is 4.46. The molecule has 0 saturated heterocycles. The maximum absolute atomic E-state index is 12.9. The molecule has 6 heteroatoms. The van der Waals surface area contributed by atoms with Gasteiger partial charge in [0, 0.05) is 11.1 Å². The van der Waals surface area contributed by atoms with E-state index in [1.54, 1.807) is 19.1 Å². The molecule has 0 amide bonds. The highest BCUT2D eigenvalue weighted by molar-refractivity contribution is 5.82. The van der Waals surface area contributed by atoms with Gasteiger partial charge in [0.25, 0.3) is 0 Å². The summed E-state index contributed by atoms with van der Waals surface area (Å²) in [5.41, 5.74) is 1.92. The van der Waals surface area contributed by atoms with E-state index in [1.165, 1.54) is 12.1 Å². The van der Waals surface area contributed by atoms with Crippen LogP contribution in [0.2, 0.25) is 0 Å². The minimum absolute atomic E-state index is 0.145. The van der Waals surface area contributed by atoms with E-state index in [-0.39, 0.29) is 18.8 Å². The molecule has 0 radical (unpaired) electrons. The predicted molar refractivity (Wildman–Crippen MR) is 104 cm³/mol. The standard InChI is InChI=1S/C23H19F3O3/c1-2-29-21(27)14-18-12-17(15-6-4-3-5-7-15)13-20(22(18)28)16-8-10-19(11-9-16)23(24,25)26/h3-13,28H,2,14H2,1H3. The number of carbonyl (C=O) groups is 1. The van der Waals surface area contributed by atoms with Crippen LogP contribution in [0.1, 0.15) is 18.1 Å². The van der Waals surface area contributed by atoms with Gasteiger partial charge in [-0.2, -0.15) is 13.2 Å². The summed E-state index contributed by atoms with van der Waals surface area (Å²) in [5.74, 6) is -0.649. The van der Waals surface area contributed by atoms with Gasteiger partial charge in [-0.1, -0.05) is 42.5 Å². The highest BCUT2D eigenvalue weighted by Gasteiger charge is 2.30. The first-order chi connectivity index (χ1) is 13.8. The van der Waals surface area contributed by atoms with Crippen LogP contribution in [0.4, 0.5) is 13.2 Å². The van der Waals surface area contributed by atoms with Crippen LogP contribution in [-0.4, -0.2) is 17.7 Å². The fourth-order valence-electron chi connectivity index (χ4n) is 3.05. The molecule has 0 bridgehead atoms. The number of phenolic OH excluding ortho intramolecular Hbond substituents is 1. The number of hydrogen-bond acceptors (Lipinski definition) is 3. The predicted octanol–water partition coefficient (Wildman–Crippen LogP) is 5.85. The zero-order valence-electron chi connectivity index (χ0n) is 15.7. The van der Waals surface area contributed by atoms with Gasteiger partial charge in [-0.15, -0.1) is 0 Å². The summed E-state index contributed by atoms with van der Waals surface area (Å²) in [5, 5.41) is 10.7. The first-order valence-electron chi connectivity index (χ1n) is 9.04. The van der Waals surface area contributed by atoms with Gasteiger partial charge in [0.1, 0.15) is 5.75 Å². The molecule has 0 spiro atoms. The number of phenols is 1. The Morgan fingerprint density at radius 2 is 1.59 bits per heavy atom. The van der Waals surface area contributed by atoms with Crippen molar-refractivity contribution in [3.8, 4) is 28.0 Å². The molecular weight excluding hydrogens is 381 g/mol. The van der Waals surface area contributed by atoms with Crippen molar-refractivity contribution in [3.05, 3.63) is 77.9 Å². The van der Waals surface area contributed by atoms with Crippen LogP contribution in [0, 0.1) is 0 Å². The monoisotopic (exact) mass is 400 g/mol. The maximum Gasteiger partial charge on any atom is 0.416 e. The van der Waals surface area contributed by atoms with E-state index in [9.17, 15) is 23.1 Å². The van der Waals surface area contributed by atoms with E-state index in [2.05, 4.69) is 0 Å². The Labute approximate surface area is 166 Å². The van der Waals surface area contributed by atoms with E-state index in [0.717, 1.165) is 23.3 Å². The lowest BCUT2D eigenvalue weighted by Gasteiger charge is -2.14. The molecule has 0 aliphatic heterocycles. The second-order valence-corrected chi connectivity index (χ2v) is 6.45. The average molecular weight is 400 g/mol. The molecule has 0 aliphatic carbocycles. The van der Waals surface area contributed by atoms with E-state index in [1.807, 2.05) is 30.3 Å². The van der Waals surface area contributed by atoms with E-state index >= 15 is 0 Å². The topological polar surface area (TPSA) is 46.5 Å². The van der Waals surface area contributed by atoms with Crippen molar-refractivity contribution >= 4 is 5.97 Å². The van der Waals surface area contributed by atoms with Crippen LogP contribution in [0.25, 0.3) is 22.3 Å². The quantitative estimate of drug-likeness (QED) is 0.547. The highest BCUT2D eigenvalue weighted by Crippen LogP contribution is 2.38. The zero-order valence-corrected chi connectivity index (χ0v) is 15.7. The van der Waals surface area contributed by atoms with Gasteiger partial charge in [-0.25, -0.2) is 0 Å². The summed E-state index contributed by atoms with van der Waals surface area (Å²) in [6.45, 7) is 1.90. The fraction of sp³-hybridized carbons (Fsp3) is 0.174. The molecule has 3 rings (SSSR count). The molecule has 0 saturated carbocycles. The lowest BCUT2D eigenvalue weighted by Crippen LogP contribution is -2.08. The van der Waals surface area contributed by atoms with Crippen molar-refractivity contribution in [1.29, 1.82) is 0 Å². The molecule has 0 atom stereocenters. The number of rotatable bonds is 5. The minimum Gasteiger partial charge on any atom is -0.507 e. The summed E-state index contributed by atoms with van der Waals surface area (Å²) in [4.78, 5) is 12.0. The molecule has 3 aromatic carbocycles. The van der Waals surface area contributed by atoms with Gasteiger partial charge < -0.3 is 9.84 Å². The third-order valence-electron chi connectivity index (χ3n) is 4.46. The van der Waals surface area contributed by atoms with Crippen molar-refractivity contribution in [1.82, 2.24) is 0 Å². The molecule has 1 N–H and O–H groups in total. The Balaban J connectivity index is 2.11. The van der Waals surface area contributed by atoms with Gasteiger partial charge >= 0.3 is 12.1 Å². The lowest BCUT2D eigenvalue weighted by atomic mass is 9.93. The van der Waals surface area contributed by atoms with Crippen molar-refractivity contribution in [3.63, 3.8) is 0 Å². The molecule has 0 fully saturated rings. The fourth-order valence-corrected chi connectivity index (χ4v) is 3.05. The number of alkyl halides is 3. The summed E-state index contributed by atoms with van der Waals surface area (Å²) in [6.07, 6.45) is -4.59. The van der Waals surface area contributed by atoms with Crippen molar-refractivity contribution < 1.29 is 27.8 Å². The SMILES string of the molecule is CCOC(=O)Cc1cc(-c2ccccc2)cc(-c2ccc(C(F)(F)F)cc2)c1O. The summed E-state index contributed by atoms with van der Waals surface area (Å²) in [6, 6.07) is 17.2. The molecule has 0 aromatic heterocycles. The van der Waals surface area contributed by atoms with Crippen LogP contribution >= 0.6 is 0 Å². The molecule has 0 aliphatic rings. The Morgan fingerprint density at radius 1 is 0.931 bits per heavy atom. The van der Waals surface area contributed by atoms with E-state index in [0.29, 0.717) is 16.7 Å². The maximum atomic E-state index is 12.9. The molecule has 29 heavy (non-hydrogen) atoms. The Hall–Kier alpha value is -3.28. The normalized spacial score (nSPS) is 11.3. The van der Waals surface area contributed by atoms with Crippen LogP contribution in [0.5, 0.6) is 5.75 Å². The molecule has 3 aromatic rings. The number of carbonyl (C=O) groups excluding carboxylic acids is 1. The average Bonchev–Trinajstić information content (AvgIpc) is 2.70. The molecule has 3 nitrogen and oxygen atoms in total. The van der Waals surface area contributed by atoms with Crippen molar-refractivity contribution in [2.24, 2.45) is 0 Å². The Kier molecular flexibility index (Phi) is 5.92. The molecular formula is C23H19F3O3. The van der Waals surface area contributed by atoms with Crippen LogP contribution < -0.4 is 0 Å². The number of ether oxygens (including phenoxy) is 1. The number of aromatic hydroxyl groups is 1. The molecule has 150 valence electrons. The van der Waals surface area contributed by atoms with E-state index in [4.69, 9.17) is 4.74 Å². The molecule has 0 heterocycles. The van der Waals surface area contributed by atoms with Gasteiger partial charge in [0.15, 0.2) is 0 Å². The smallest absolute Gasteiger partial charge is 0.416 e. The molecule has 0 unspecified atom stereocenters. The van der Waals surface area contributed by atoms with Gasteiger partial charge in [0.2, 0.25) is 0 Å². The van der Waals surface area contributed by atoms with Gasteiger partial charge in [0.05, 0.1) is 18.6 Å². The van der Waals surface area contributed by atoms with E-state index < -0.39 is 17.7 Å². The Bertz CT molecular complexity index is 994. The number of esters is 1. The van der Waals surface area contributed by atoms with Crippen LogP contribution in [0.3, 0.4) is 0 Å². The third kappa shape index (κ3) is 4.77. The summed E-state index contributed by atoms with van der Waals surface area (Å²) >= 11 is 0. The van der Waals surface area contributed by atoms with Crippen molar-refractivity contribution in [2.45, 2.75) is 19.5 Å². The van der Waals surface area contributed by atoms with Gasteiger partial charge in [-0.05, 0) is 47.9 Å².